The highest BCUT2D eigenvalue weighted by Gasteiger charge is 2.10. The van der Waals surface area contributed by atoms with Crippen LogP contribution in [0.4, 0.5) is 0 Å². The molecule has 0 bridgehead atoms. The Morgan fingerprint density at radius 3 is 2.07 bits per heavy atom. The van der Waals surface area contributed by atoms with Crippen molar-refractivity contribution in [2.45, 2.75) is 19.4 Å². The van der Waals surface area contributed by atoms with Gasteiger partial charge in [-0.3, -0.25) is 0 Å². The van der Waals surface area contributed by atoms with E-state index in [-0.39, 0.29) is 0 Å². The fraction of sp³-hybridized carbons (Fsp3) is 0.125. The average molecular weight is 356 g/mol. The van der Waals surface area contributed by atoms with Gasteiger partial charge in [0.25, 0.3) is 0 Å². The first-order chi connectivity index (χ1) is 13.0. The van der Waals surface area contributed by atoms with Crippen molar-refractivity contribution < 1.29 is 14.6 Å². The highest BCUT2D eigenvalue weighted by Crippen LogP contribution is 2.23. The Bertz CT molecular complexity index is 947. The number of aryl methyl sites for hydroxylation is 1. The third kappa shape index (κ3) is 4.84. The number of ether oxygens (including phenoxy) is 1. The molecule has 3 aromatic rings. The maximum Gasteiger partial charge on any atom is 0.343 e. The van der Waals surface area contributed by atoms with Crippen molar-refractivity contribution in [3.8, 4) is 29.2 Å². The molecule has 0 fully saturated rings. The van der Waals surface area contributed by atoms with Gasteiger partial charge in [-0.25, -0.2) is 4.79 Å². The SMILES string of the molecule is C#CC(O)Cc1ccc(C(=O)Oc2ccc(-c3ccc(C)cc3)cc2)cc1. The first-order valence-corrected chi connectivity index (χ1v) is 8.67. The van der Waals surface area contributed by atoms with Crippen molar-refractivity contribution in [1.29, 1.82) is 0 Å². The van der Waals surface area contributed by atoms with Crippen LogP contribution in [0, 0.1) is 19.3 Å². The average Bonchev–Trinajstić information content (AvgIpc) is 2.69. The predicted molar refractivity (Wildman–Crippen MR) is 107 cm³/mol. The third-order valence-electron chi connectivity index (χ3n) is 4.26. The summed E-state index contributed by atoms with van der Waals surface area (Å²) < 4.78 is 5.43. The van der Waals surface area contributed by atoms with Crippen molar-refractivity contribution in [3.63, 3.8) is 0 Å². The molecule has 0 radical (unpaired) electrons. The first kappa shape index (κ1) is 18.4. The van der Waals surface area contributed by atoms with Crippen LogP contribution in [0.25, 0.3) is 11.1 Å². The van der Waals surface area contributed by atoms with E-state index in [1.54, 1.807) is 36.4 Å². The summed E-state index contributed by atoms with van der Waals surface area (Å²) in [6.45, 7) is 2.05. The smallest absolute Gasteiger partial charge is 0.343 e. The van der Waals surface area contributed by atoms with Gasteiger partial charge in [0.15, 0.2) is 0 Å². The van der Waals surface area contributed by atoms with E-state index in [0.717, 1.165) is 16.7 Å². The molecule has 1 unspecified atom stereocenters. The lowest BCUT2D eigenvalue weighted by atomic mass is 10.0. The number of carbonyl (C=O) groups excluding carboxylic acids is 1. The molecular weight excluding hydrogens is 336 g/mol. The Balaban J connectivity index is 1.65. The number of hydrogen-bond acceptors (Lipinski definition) is 3. The predicted octanol–water partition coefficient (Wildman–Crippen LogP) is 4.42. The van der Waals surface area contributed by atoms with E-state index in [0.29, 0.717) is 17.7 Å². The van der Waals surface area contributed by atoms with Gasteiger partial charge in [-0.15, -0.1) is 6.42 Å². The zero-order chi connectivity index (χ0) is 19.2. The number of hydrogen-bond donors (Lipinski definition) is 1. The minimum Gasteiger partial charge on any atom is -0.423 e. The Morgan fingerprint density at radius 1 is 0.963 bits per heavy atom. The molecule has 0 saturated carbocycles. The van der Waals surface area contributed by atoms with E-state index in [2.05, 4.69) is 37.1 Å². The summed E-state index contributed by atoms with van der Waals surface area (Å²) in [5.41, 5.74) is 4.69. The standard InChI is InChI=1S/C24H20O3/c1-3-22(25)16-18-6-10-21(11-7-18)24(26)27-23-14-12-20(13-15-23)19-8-4-17(2)5-9-19/h1,4-15,22,25H,16H2,2H3. The Labute approximate surface area is 159 Å². The van der Waals surface area contributed by atoms with E-state index in [1.807, 2.05) is 12.1 Å². The second kappa shape index (κ2) is 8.35. The molecule has 134 valence electrons. The Morgan fingerprint density at radius 2 is 1.52 bits per heavy atom. The van der Waals surface area contributed by atoms with E-state index in [9.17, 15) is 9.90 Å². The molecule has 0 saturated heterocycles. The van der Waals surface area contributed by atoms with E-state index >= 15 is 0 Å². The van der Waals surface area contributed by atoms with Crippen LogP contribution in [0.5, 0.6) is 5.75 Å². The summed E-state index contributed by atoms with van der Waals surface area (Å²) in [7, 11) is 0. The zero-order valence-corrected chi connectivity index (χ0v) is 15.1. The van der Waals surface area contributed by atoms with E-state index in [4.69, 9.17) is 11.2 Å². The van der Waals surface area contributed by atoms with E-state index in [1.165, 1.54) is 5.56 Å². The molecule has 0 aliphatic rings. The fourth-order valence-corrected chi connectivity index (χ4v) is 2.69. The summed E-state index contributed by atoms with van der Waals surface area (Å²) in [6, 6.07) is 22.5. The van der Waals surface area contributed by atoms with Crippen LogP contribution in [0.15, 0.2) is 72.8 Å². The van der Waals surface area contributed by atoms with Gasteiger partial charge in [0.05, 0.1) is 5.56 Å². The van der Waals surface area contributed by atoms with Crippen molar-refractivity contribution in [3.05, 3.63) is 89.5 Å². The van der Waals surface area contributed by atoms with Gasteiger partial charge in [-0.1, -0.05) is 60.0 Å². The normalized spacial score (nSPS) is 11.4. The minimum absolute atomic E-state index is 0.353. The molecule has 1 atom stereocenters. The van der Waals surface area contributed by atoms with Crippen molar-refractivity contribution in [2.75, 3.05) is 0 Å². The van der Waals surface area contributed by atoms with Crippen LogP contribution in [0.1, 0.15) is 21.5 Å². The van der Waals surface area contributed by atoms with Crippen LogP contribution >= 0.6 is 0 Å². The maximum atomic E-state index is 12.3. The molecular formula is C24H20O3. The number of aliphatic hydroxyl groups is 1. The van der Waals surface area contributed by atoms with Gasteiger partial charge in [0.2, 0.25) is 0 Å². The second-order valence-corrected chi connectivity index (χ2v) is 6.36. The largest absolute Gasteiger partial charge is 0.423 e. The lowest BCUT2D eigenvalue weighted by molar-refractivity contribution is 0.0735. The quantitative estimate of drug-likeness (QED) is 0.418. The first-order valence-electron chi connectivity index (χ1n) is 8.67. The molecule has 0 aliphatic carbocycles. The van der Waals surface area contributed by atoms with E-state index < -0.39 is 12.1 Å². The summed E-state index contributed by atoms with van der Waals surface area (Å²) in [6.07, 6.45) is 4.69. The summed E-state index contributed by atoms with van der Waals surface area (Å²) in [5.74, 6) is 2.33. The van der Waals surface area contributed by atoms with Gasteiger partial charge in [0, 0.05) is 6.42 Å². The molecule has 3 heteroatoms. The Kier molecular flexibility index (Phi) is 5.71. The van der Waals surface area contributed by atoms with Crippen LogP contribution in [0.2, 0.25) is 0 Å². The maximum absolute atomic E-state index is 12.3. The molecule has 0 heterocycles. The van der Waals surface area contributed by atoms with Crippen LogP contribution in [-0.2, 0) is 6.42 Å². The molecule has 1 N–H and O–H groups in total. The molecule has 0 aromatic heterocycles. The zero-order valence-electron chi connectivity index (χ0n) is 15.1. The Hall–Kier alpha value is -3.35. The van der Waals surface area contributed by atoms with Gasteiger partial charge in [-0.05, 0) is 47.9 Å². The van der Waals surface area contributed by atoms with Crippen molar-refractivity contribution >= 4 is 5.97 Å². The van der Waals surface area contributed by atoms with Crippen molar-refractivity contribution in [1.82, 2.24) is 0 Å². The number of benzene rings is 3. The van der Waals surface area contributed by atoms with Crippen LogP contribution in [-0.4, -0.2) is 17.2 Å². The number of rotatable bonds is 5. The van der Waals surface area contributed by atoms with Gasteiger partial charge in [-0.2, -0.15) is 0 Å². The number of carbonyl (C=O) groups is 1. The fourth-order valence-electron chi connectivity index (χ4n) is 2.69. The highest BCUT2D eigenvalue weighted by molar-refractivity contribution is 5.91. The van der Waals surface area contributed by atoms with Crippen LogP contribution in [0.3, 0.4) is 0 Å². The molecule has 0 amide bonds. The minimum atomic E-state index is -0.824. The van der Waals surface area contributed by atoms with Gasteiger partial charge < -0.3 is 9.84 Å². The van der Waals surface area contributed by atoms with Gasteiger partial charge >= 0.3 is 5.97 Å². The molecule has 0 aliphatic heterocycles. The molecule has 3 rings (SSSR count). The molecule has 0 spiro atoms. The number of esters is 1. The number of terminal acetylenes is 1. The highest BCUT2D eigenvalue weighted by atomic mass is 16.5. The van der Waals surface area contributed by atoms with Crippen molar-refractivity contribution in [2.24, 2.45) is 0 Å². The molecule has 27 heavy (non-hydrogen) atoms. The summed E-state index contributed by atoms with van der Waals surface area (Å²) in [5, 5.41) is 9.48. The lowest BCUT2D eigenvalue weighted by Gasteiger charge is -2.08. The van der Waals surface area contributed by atoms with Gasteiger partial charge in [0.1, 0.15) is 11.9 Å². The molecule has 3 nitrogen and oxygen atoms in total. The molecule has 3 aromatic carbocycles. The summed E-state index contributed by atoms with van der Waals surface area (Å²) in [4.78, 5) is 12.3. The lowest BCUT2D eigenvalue weighted by Crippen LogP contribution is -2.10. The second-order valence-electron chi connectivity index (χ2n) is 6.36. The topological polar surface area (TPSA) is 46.5 Å². The number of aliphatic hydroxyl groups excluding tert-OH is 1. The summed E-state index contributed by atoms with van der Waals surface area (Å²) >= 11 is 0. The monoisotopic (exact) mass is 356 g/mol. The third-order valence-corrected chi connectivity index (χ3v) is 4.26. The van der Waals surface area contributed by atoms with Crippen LogP contribution < -0.4 is 4.74 Å².